The maximum Gasteiger partial charge on any atom is 0.254 e. The molecule has 25 heavy (non-hydrogen) atoms. The second-order valence-corrected chi connectivity index (χ2v) is 6.36. The number of fused-ring (bicyclic) bond motifs is 1. The summed E-state index contributed by atoms with van der Waals surface area (Å²) in [7, 11) is 0. The van der Waals surface area contributed by atoms with Crippen LogP contribution in [0.3, 0.4) is 0 Å². The van der Waals surface area contributed by atoms with Gasteiger partial charge in [-0.3, -0.25) is 9.59 Å². The van der Waals surface area contributed by atoms with Gasteiger partial charge in [0.1, 0.15) is 5.82 Å². The molecule has 0 bridgehead atoms. The topological polar surface area (TPSA) is 52.7 Å². The van der Waals surface area contributed by atoms with Crippen LogP contribution in [0.25, 0.3) is 0 Å². The van der Waals surface area contributed by atoms with Crippen LogP contribution in [0.1, 0.15) is 15.9 Å². The number of carbonyl (C=O) groups is 2. The highest BCUT2D eigenvalue weighted by molar-refractivity contribution is 5.99. The number of halogens is 1. The summed E-state index contributed by atoms with van der Waals surface area (Å²) in [6.45, 7) is 2.59. The van der Waals surface area contributed by atoms with Crippen LogP contribution in [0.5, 0.6) is 0 Å². The summed E-state index contributed by atoms with van der Waals surface area (Å²) in [5.74, 6) is -0.508. The van der Waals surface area contributed by atoms with E-state index in [0.717, 1.165) is 16.9 Å². The highest BCUT2D eigenvalue weighted by atomic mass is 19.1. The third kappa shape index (κ3) is 3.07. The summed E-state index contributed by atoms with van der Waals surface area (Å²) in [4.78, 5) is 27.9. The minimum Gasteiger partial charge on any atom is -0.368 e. The molecule has 1 fully saturated rings. The average molecular weight is 339 g/mol. The number of hydrogen-bond donors (Lipinski definition) is 1. The standard InChI is InChI=1S/C19H18FN3O2/c20-15-3-1-2-13(10-15)19(25)23-8-6-22(7-9-23)16-4-5-17-14(11-16)12-18(24)21-17/h1-5,10-11H,6-9,12H2,(H,21,24). The third-order valence-electron chi connectivity index (χ3n) is 4.72. The summed E-state index contributed by atoms with van der Waals surface area (Å²) in [6.07, 6.45) is 0.418. The van der Waals surface area contributed by atoms with Crippen molar-refractivity contribution in [2.75, 3.05) is 36.4 Å². The molecule has 4 rings (SSSR count). The Kier molecular flexibility index (Phi) is 3.87. The zero-order valence-corrected chi connectivity index (χ0v) is 13.7. The third-order valence-corrected chi connectivity index (χ3v) is 4.72. The number of rotatable bonds is 2. The van der Waals surface area contributed by atoms with Gasteiger partial charge in [0.2, 0.25) is 5.91 Å². The zero-order valence-electron chi connectivity index (χ0n) is 13.7. The first kappa shape index (κ1) is 15.6. The van der Waals surface area contributed by atoms with E-state index in [1.807, 2.05) is 18.2 Å². The molecule has 6 heteroatoms. The van der Waals surface area contributed by atoms with Crippen molar-refractivity contribution < 1.29 is 14.0 Å². The molecule has 2 amide bonds. The summed E-state index contributed by atoms with van der Waals surface area (Å²) >= 11 is 0. The molecule has 2 aliphatic rings. The van der Waals surface area contributed by atoms with Gasteiger partial charge in [0.05, 0.1) is 6.42 Å². The average Bonchev–Trinajstić information content (AvgIpc) is 3.00. The van der Waals surface area contributed by atoms with Crippen LogP contribution in [0, 0.1) is 5.82 Å². The van der Waals surface area contributed by atoms with Crippen molar-refractivity contribution in [3.05, 3.63) is 59.4 Å². The van der Waals surface area contributed by atoms with E-state index in [1.165, 1.54) is 12.1 Å². The summed E-state index contributed by atoms with van der Waals surface area (Å²) in [5, 5.41) is 2.83. The second kappa shape index (κ2) is 6.20. The Morgan fingerprint density at radius 3 is 2.60 bits per heavy atom. The smallest absolute Gasteiger partial charge is 0.254 e. The molecule has 1 N–H and O–H groups in total. The van der Waals surface area contributed by atoms with Crippen LogP contribution in [-0.2, 0) is 11.2 Å². The second-order valence-electron chi connectivity index (χ2n) is 6.36. The lowest BCUT2D eigenvalue weighted by Crippen LogP contribution is -2.48. The van der Waals surface area contributed by atoms with E-state index >= 15 is 0 Å². The Balaban J connectivity index is 1.43. The van der Waals surface area contributed by atoms with Crippen LogP contribution >= 0.6 is 0 Å². The van der Waals surface area contributed by atoms with Gasteiger partial charge in [-0.1, -0.05) is 6.07 Å². The number of benzene rings is 2. The molecule has 0 unspecified atom stereocenters. The molecular formula is C19H18FN3O2. The SMILES string of the molecule is O=C1Cc2cc(N3CCN(C(=O)c4cccc(F)c4)CC3)ccc2N1. The van der Waals surface area contributed by atoms with Crippen LogP contribution < -0.4 is 10.2 Å². The first-order valence-electron chi connectivity index (χ1n) is 8.33. The van der Waals surface area contributed by atoms with E-state index < -0.39 is 5.82 Å². The van der Waals surface area contributed by atoms with Gasteiger partial charge in [-0.2, -0.15) is 0 Å². The van der Waals surface area contributed by atoms with E-state index in [2.05, 4.69) is 10.2 Å². The van der Waals surface area contributed by atoms with Crippen LogP contribution in [-0.4, -0.2) is 42.9 Å². The molecule has 0 saturated carbocycles. The molecule has 5 nitrogen and oxygen atoms in total. The fourth-order valence-electron chi connectivity index (χ4n) is 3.38. The fraction of sp³-hybridized carbons (Fsp3) is 0.263. The normalized spacial score (nSPS) is 16.6. The Labute approximate surface area is 145 Å². The predicted octanol–water partition coefficient (Wildman–Crippen LogP) is 2.28. The fourth-order valence-corrected chi connectivity index (χ4v) is 3.38. The highest BCUT2D eigenvalue weighted by Crippen LogP contribution is 2.28. The molecule has 0 spiro atoms. The number of carbonyl (C=O) groups excluding carboxylic acids is 2. The minimum atomic E-state index is -0.397. The van der Waals surface area contributed by atoms with Gasteiger partial charge in [-0.05, 0) is 42.0 Å². The Morgan fingerprint density at radius 2 is 1.84 bits per heavy atom. The van der Waals surface area contributed by atoms with Gasteiger partial charge in [0.25, 0.3) is 5.91 Å². The summed E-state index contributed by atoms with van der Waals surface area (Å²) in [6, 6.07) is 11.8. The first-order valence-corrected chi connectivity index (χ1v) is 8.33. The van der Waals surface area contributed by atoms with Gasteiger partial charge in [0.15, 0.2) is 0 Å². The molecular weight excluding hydrogens is 321 g/mol. The van der Waals surface area contributed by atoms with Crippen molar-refractivity contribution in [1.29, 1.82) is 0 Å². The van der Waals surface area contributed by atoms with E-state index in [1.54, 1.807) is 17.0 Å². The predicted molar refractivity (Wildman–Crippen MR) is 93.3 cm³/mol. The molecule has 128 valence electrons. The molecule has 0 aromatic heterocycles. The van der Waals surface area contributed by atoms with E-state index in [-0.39, 0.29) is 11.8 Å². The van der Waals surface area contributed by atoms with Gasteiger partial charge in [-0.25, -0.2) is 4.39 Å². The summed E-state index contributed by atoms with van der Waals surface area (Å²) < 4.78 is 13.3. The minimum absolute atomic E-state index is 0.0256. The van der Waals surface area contributed by atoms with Crippen LogP contribution in [0.2, 0.25) is 0 Å². The Bertz CT molecular complexity index is 844. The Hall–Kier alpha value is -2.89. The number of piperazine rings is 1. The van der Waals surface area contributed by atoms with Crippen LogP contribution in [0.4, 0.5) is 15.8 Å². The molecule has 1 saturated heterocycles. The van der Waals surface area contributed by atoms with Crippen LogP contribution in [0.15, 0.2) is 42.5 Å². The number of nitrogens with zero attached hydrogens (tertiary/aromatic N) is 2. The van der Waals surface area contributed by atoms with Gasteiger partial charge < -0.3 is 15.1 Å². The molecule has 2 aromatic rings. The van der Waals surface area contributed by atoms with Gasteiger partial charge in [-0.15, -0.1) is 0 Å². The quantitative estimate of drug-likeness (QED) is 0.913. The van der Waals surface area contributed by atoms with Crippen molar-refractivity contribution in [2.24, 2.45) is 0 Å². The van der Waals surface area contributed by atoms with Crippen molar-refractivity contribution >= 4 is 23.2 Å². The molecule has 0 atom stereocenters. The number of anilines is 2. The monoisotopic (exact) mass is 339 g/mol. The lowest BCUT2D eigenvalue weighted by molar-refractivity contribution is -0.115. The molecule has 2 heterocycles. The lowest BCUT2D eigenvalue weighted by atomic mass is 10.1. The molecule has 2 aliphatic heterocycles. The first-order chi connectivity index (χ1) is 12.1. The number of amides is 2. The highest BCUT2D eigenvalue weighted by Gasteiger charge is 2.24. The van der Waals surface area contributed by atoms with Crippen molar-refractivity contribution in [3.63, 3.8) is 0 Å². The van der Waals surface area contributed by atoms with Crippen molar-refractivity contribution in [1.82, 2.24) is 4.90 Å². The van der Waals surface area contributed by atoms with E-state index in [9.17, 15) is 14.0 Å². The molecule has 2 aromatic carbocycles. The van der Waals surface area contributed by atoms with Gasteiger partial charge >= 0.3 is 0 Å². The van der Waals surface area contributed by atoms with E-state index in [4.69, 9.17) is 0 Å². The van der Waals surface area contributed by atoms with Crippen molar-refractivity contribution in [2.45, 2.75) is 6.42 Å². The lowest BCUT2D eigenvalue weighted by Gasteiger charge is -2.36. The zero-order chi connectivity index (χ0) is 17.4. The maximum atomic E-state index is 13.3. The summed E-state index contributed by atoms with van der Waals surface area (Å²) in [5.41, 5.74) is 3.35. The Morgan fingerprint density at radius 1 is 1.04 bits per heavy atom. The van der Waals surface area contributed by atoms with Gasteiger partial charge in [0, 0.05) is 43.1 Å². The molecule has 0 aliphatic carbocycles. The molecule has 0 radical (unpaired) electrons. The number of nitrogens with one attached hydrogen (secondary N) is 1. The van der Waals surface area contributed by atoms with Crippen molar-refractivity contribution in [3.8, 4) is 0 Å². The number of hydrogen-bond acceptors (Lipinski definition) is 3. The largest absolute Gasteiger partial charge is 0.368 e. The van der Waals surface area contributed by atoms with E-state index in [0.29, 0.717) is 38.2 Å². The maximum absolute atomic E-state index is 13.3.